The highest BCUT2D eigenvalue weighted by Crippen LogP contribution is 2.23. The van der Waals surface area contributed by atoms with E-state index < -0.39 is 29.9 Å². The summed E-state index contributed by atoms with van der Waals surface area (Å²) in [6.07, 6.45) is 1.82. The molecular weight excluding hydrogens is 538 g/mol. The summed E-state index contributed by atoms with van der Waals surface area (Å²) in [5.74, 6) is -0.579. The van der Waals surface area contributed by atoms with E-state index in [0.717, 1.165) is 22.3 Å². The van der Waals surface area contributed by atoms with Crippen LogP contribution in [0.15, 0.2) is 47.0 Å². The lowest BCUT2D eigenvalue weighted by Crippen LogP contribution is -2.56. The van der Waals surface area contributed by atoms with Gasteiger partial charge in [0.05, 0.1) is 0 Å². The predicted octanol–water partition coefficient (Wildman–Crippen LogP) is 0.807. The van der Waals surface area contributed by atoms with Gasteiger partial charge in [0.25, 0.3) is 0 Å². The van der Waals surface area contributed by atoms with Crippen LogP contribution >= 0.6 is 0 Å². The van der Waals surface area contributed by atoms with E-state index in [4.69, 9.17) is 27.1 Å². The minimum absolute atomic E-state index is 0.108. The first-order valence-electron chi connectivity index (χ1n) is 13.9. The molecular formula is C29H41N9O4. The van der Waals surface area contributed by atoms with Crippen LogP contribution in [0.4, 0.5) is 0 Å². The smallest absolute Gasteiger partial charge is 0.249 e. The van der Waals surface area contributed by atoms with E-state index in [1.165, 1.54) is 0 Å². The second kappa shape index (κ2) is 15.5. The van der Waals surface area contributed by atoms with Crippen LogP contribution in [0.5, 0.6) is 5.75 Å². The Bertz CT molecular complexity index is 1320. The summed E-state index contributed by atoms with van der Waals surface area (Å²) < 4.78 is 5.55. The van der Waals surface area contributed by atoms with E-state index in [2.05, 4.69) is 26.1 Å². The molecule has 0 bridgehead atoms. The first kappa shape index (κ1) is 32.0. The fraction of sp³-hybridized carbons (Fsp3) is 0.414. The molecule has 0 aliphatic heterocycles. The van der Waals surface area contributed by atoms with Gasteiger partial charge in [-0.05, 0) is 80.6 Å². The highest BCUT2D eigenvalue weighted by Gasteiger charge is 2.30. The standard InChI is InChI=1S/C29H41N9O4/c1-17-13-20(39)14-18(2)21(17)16-24(35-26(40)22(10-12-31)36-29(32)33)27(41)34-23(9-6-11-30)28-37-25(38-42-28)15-19-7-4-3-5-8-19/h3-5,7-8,13-14,22-24,39H,6,9-12,15-16,30-31H2,1-2H3,(H,34,41)(H,35,40)(H4,32,33,36). The first-order valence-corrected chi connectivity index (χ1v) is 13.9. The molecule has 3 rings (SSSR count). The normalized spacial score (nSPS) is 13.1. The molecule has 3 unspecified atom stereocenters. The van der Waals surface area contributed by atoms with E-state index in [1.54, 1.807) is 12.1 Å². The zero-order valence-electron chi connectivity index (χ0n) is 24.0. The summed E-state index contributed by atoms with van der Waals surface area (Å²) in [5, 5.41) is 30.0. The van der Waals surface area contributed by atoms with Crippen molar-refractivity contribution < 1.29 is 19.2 Å². The molecule has 2 amide bonds. The lowest BCUT2D eigenvalue weighted by atomic mass is 9.95. The maximum atomic E-state index is 13.8. The van der Waals surface area contributed by atoms with E-state index in [0.29, 0.717) is 31.6 Å². The zero-order valence-corrected chi connectivity index (χ0v) is 24.0. The third kappa shape index (κ3) is 9.28. The van der Waals surface area contributed by atoms with Crippen LogP contribution in [0.25, 0.3) is 0 Å². The van der Waals surface area contributed by atoms with Gasteiger partial charge in [-0.1, -0.05) is 35.5 Å². The number of hydrogen-bond donors (Lipinski definition) is 8. The van der Waals surface area contributed by atoms with E-state index in [-0.39, 0.29) is 37.0 Å². The number of carbonyl (C=O) groups is 2. The van der Waals surface area contributed by atoms with Crippen molar-refractivity contribution in [1.82, 2.24) is 26.1 Å². The Morgan fingerprint density at radius 2 is 1.64 bits per heavy atom. The number of phenolic OH excluding ortho intramolecular Hbond substituents is 1. The van der Waals surface area contributed by atoms with Gasteiger partial charge in [-0.3, -0.25) is 15.0 Å². The van der Waals surface area contributed by atoms with Crippen LogP contribution < -0.4 is 33.2 Å². The summed E-state index contributed by atoms with van der Waals surface area (Å²) >= 11 is 0. The first-order chi connectivity index (χ1) is 20.1. The number of guanidine groups is 1. The highest BCUT2D eigenvalue weighted by atomic mass is 16.5. The number of rotatable bonds is 15. The fourth-order valence-electron chi connectivity index (χ4n) is 4.71. The number of carbonyl (C=O) groups excluding carboxylic acids is 2. The minimum Gasteiger partial charge on any atom is -0.508 e. The number of nitrogens with two attached hydrogens (primary N) is 3. The molecule has 3 atom stereocenters. The molecule has 0 saturated heterocycles. The number of aromatic nitrogens is 2. The number of amides is 2. The van der Waals surface area contributed by atoms with Gasteiger partial charge in [0.2, 0.25) is 17.7 Å². The number of aryl methyl sites for hydroxylation is 2. The monoisotopic (exact) mass is 579 g/mol. The summed E-state index contributed by atoms with van der Waals surface area (Å²) in [6, 6.07) is 10.3. The molecule has 0 aliphatic rings. The van der Waals surface area contributed by atoms with Crippen LogP contribution in [0.3, 0.4) is 0 Å². The fourth-order valence-corrected chi connectivity index (χ4v) is 4.71. The van der Waals surface area contributed by atoms with Gasteiger partial charge in [0.15, 0.2) is 11.8 Å². The number of hydrogen-bond acceptors (Lipinski definition) is 9. The molecule has 0 aliphatic carbocycles. The molecule has 0 saturated carbocycles. The minimum atomic E-state index is -1.03. The number of nitrogens with one attached hydrogen (secondary N) is 4. The molecule has 1 heterocycles. The molecule has 2 aromatic carbocycles. The summed E-state index contributed by atoms with van der Waals surface area (Å²) in [7, 11) is 0. The average molecular weight is 580 g/mol. The number of aromatic hydroxyl groups is 1. The zero-order chi connectivity index (χ0) is 30.6. The van der Waals surface area contributed by atoms with Crippen LogP contribution in [0.2, 0.25) is 0 Å². The van der Waals surface area contributed by atoms with Gasteiger partial charge >= 0.3 is 0 Å². The van der Waals surface area contributed by atoms with E-state index in [9.17, 15) is 14.7 Å². The van der Waals surface area contributed by atoms with E-state index in [1.807, 2.05) is 44.2 Å². The van der Waals surface area contributed by atoms with Crippen molar-refractivity contribution >= 4 is 17.8 Å². The Morgan fingerprint density at radius 3 is 2.26 bits per heavy atom. The lowest BCUT2D eigenvalue weighted by Gasteiger charge is -2.25. The van der Waals surface area contributed by atoms with Gasteiger partial charge < -0.3 is 42.8 Å². The SMILES string of the molecule is Cc1cc(O)cc(C)c1CC(NC(=O)C(CCN)NC(=N)N)C(=O)NC(CCCN)c1nc(Cc2ccccc2)no1. The quantitative estimate of drug-likeness (QED) is 0.0932. The van der Waals surface area contributed by atoms with Crippen LogP contribution in [0, 0.1) is 19.3 Å². The summed E-state index contributed by atoms with van der Waals surface area (Å²) in [4.78, 5) is 31.6. The number of benzene rings is 2. The molecule has 0 spiro atoms. The Labute approximate surface area is 245 Å². The van der Waals surface area contributed by atoms with Crippen LogP contribution in [0.1, 0.15) is 59.3 Å². The molecule has 13 heteroatoms. The molecule has 0 fully saturated rings. The summed E-state index contributed by atoms with van der Waals surface area (Å²) in [5.41, 5.74) is 20.3. The number of nitrogens with zero attached hydrogens (tertiary/aromatic N) is 2. The average Bonchev–Trinajstić information content (AvgIpc) is 3.40. The van der Waals surface area contributed by atoms with Crippen molar-refractivity contribution in [2.24, 2.45) is 17.2 Å². The molecule has 0 radical (unpaired) electrons. The van der Waals surface area contributed by atoms with Crippen molar-refractivity contribution in [3.05, 3.63) is 76.4 Å². The van der Waals surface area contributed by atoms with Gasteiger partial charge in [-0.25, -0.2) is 0 Å². The Kier molecular flexibility index (Phi) is 11.8. The molecule has 11 N–H and O–H groups in total. The Balaban J connectivity index is 1.87. The highest BCUT2D eigenvalue weighted by molar-refractivity contribution is 5.92. The Hall–Kier alpha value is -4.49. The van der Waals surface area contributed by atoms with Crippen molar-refractivity contribution in [2.45, 2.75) is 64.1 Å². The van der Waals surface area contributed by atoms with Crippen molar-refractivity contribution in [2.75, 3.05) is 13.1 Å². The van der Waals surface area contributed by atoms with Crippen LogP contribution in [-0.2, 0) is 22.4 Å². The van der Waals surface area contributed by atoms with Crippen molar-refractivity contribution in [1.29, 1.82) is 5.41 Å². The topological polar surface area (TPSA) is 231 Å². The second-order valence-electron chi connectivity index (χ2n) is 10.2. The molecule has 42 heavy (non-hydrogen) atoms. The maximum Gasteiger partial charge on any atom is 0.249 e. The van der Waals surface area contributed by atoms with Crippen LogP contribution in [-0.4, -0.2) is 58.2 Å². The van der Waals surface area contributed by atoms with Crippen molar-refractivity contribution in [3.63, 3.8) is 0 Å². The Morgan fingerprint density at radius 1 is 0.976 bits per heavy atom. The van der Waals surface area contributed by atoms with Crippen molar-refractivity contribution in [3.8, 4) is 5.75 Å². The second-order valence-corrected chi connectivity index (χ2v) is 10.2. The molecule has 3 aromatic rings. The lowest BCUT2D eigenvalue weighted by molar-refractivity contribution is -0.130. The maximum absolute atomic E-state index is 13.8. The van der Waals surface area contributed by atoms with Gasteiger partial charge in [-0.2, -0.15) is 4.98 Å². The molecule has 13 nitrogen and oxygen atoms in total. The summed E-state index contributed by atoms with van der Waals surface area (Å²) in [6.45, 7) is 4.20. The molecule has 226 valence electrons. The number of phenols is 1. The van der Waals surface area contributed by atoms with Gasteiger partial charge in [0, 0.05) is 12.8 Å². The molecule has 1 aromatic heterocycles. The third-order valence-corrected chi connectivity index (χ3v) is 6.82. The third-order valence-electron chi connectivity index (χ3n) is 6.82. The van der Waals surface area contributed by atoms with E-state index >= 15 is 0 Å². The predicted molar refractivity (Wildman–Crippen MR) is 158 cm³/mol. The van der Waals surface area contributed by atoms with Gasteiger partial charge in [0.1, 0.15) is 23.9 Å². The largest absolute Gasteiger partial charge is 0.508 e. The van der Waals surface area contributed by atoms with Gasteiger partial charge in [-0.15, -0.1) is 0 Å².